The van der Waals surface area contributed by atoms with Crippen LogP contribution in [0.15, 0.2) is 27.1 Å². The van der Waals surface area contributed by atoms with Gasteiger partial charge in [-0.1, -0.05) is 6.07 Å². The van der Waals surface area contributed by atoms with Crippen LogP contribution >= 0.6 is 31.9 Å². The summed E-state index contributed by atoms with van der Waals surface area (Å²) in [6.07, 6.45) is -0.975. The molecule has 2 N–H and O–H groups in total. The van der Waals surface area contributed by atoms with E-state index in [-0.39, 0.29) is 19.2 Å². The molecule has 6 nitrogen and oxygen atoms in total. The van der Waals surface area contributed by atoms with Crippen molar-refractivity contribution in [3.63, 3.8) is 0 Å². The maximum absolute atomic E-state index is 12.2. The zero-order valence-corrected chi connectivity index (χ0v) is 13.5. The second-order valence-electron chi connectivity index (χ2n) is 4.17. The van der Waals surface area contributed by atoms with E-state index >= 15 is 0 Å². The lowest BCUT2D eigenvalue weighted by molar-refractivity contribution is -0.154. The standard InChI is InChI=1S/C12H12Br2N2O4/c13-7-2-1-3-8(14)10(7)15-12(19)16-4-5-20-9(6-16)11(17)18/h1-3,9H,4-6H2,(H,15,19)(H,17,18). The van der Waals surface area contributed by atoms with Crippen LogP contribution in [0.25, 0.3) is 0 Å². The summed E-state index contributed by atoms with van der Waals surface area (Å²) in [6, 6.07) is 5.09. The van der Waals surface area contributed by atoms with Gasteiger partial charge in [-0.25, -0.2) is 9.59 Å². The first-order chi connectivity index (χ1) is 9.49. The molecule has 2 amide bonds. The number of hydrogen-bond donors (Lipinski definition) is 2. The summed E-state index contributed by atoms with van der Waals surface area (Å²) in [7, 11) is 0. The number of carboxylic acids is 1. The molecule has 1 atom stereocenters. The maximum atomic E-state index is 12.2. The Labute approximate surface area is 132 Å². The lowest BCUT2D eigenvalue weighted by Crippen LogP contribution is -2.50. The van der Waals surface area contributed by atoms with Crippen molar-refractivity contribution < 1.29 is 19.4 Å². The number of para-hydroxylation sites is 1. The molecule has 1 aromatic rings. The average Bonchev–Trinajstić information content (AvgIpc) is 2.43. The van der Waals surface area contributed by atoms with E-state index in [2.05, 4.69) is 37.2 Å². The molecule has 1 fully saturated rings. The molecule has 1 aromatic carbocycles. The smallest absolute Gasteiger partial charge is 0.334 e. The molecule has 2 rings (SSSR count). The van der Waals surface area contributed by atoms with Crippen LogP contribution in [0.5, 0.6) is 0 Å². The van der Waals surface area contributed by atoms with Crippen molar-refractivity contribution in [2.75, 3.05) is 25.0 Å². The summed E-state index contributed by atoms with van der Waals surface area (Å²) in [6.45, 7) is 0.600. The summed E-state index contributed by atoms with van der Waals surface area (Å²) in [4.78, 5) is 24.5. The van der Waals surface area contributed by atoms with Crippen molar-refractivity contribution in [2.24, 2.45) is 0 Å². The summed E-state index contributed by atoms with van der Waals surface area (Å²) in [5.74, 6) is -1.07. The highest BCUT2D eigenvalue weighted by molar-refractivity contribution is 9.11. The number of urea groups is 1. The van der Waals surface area contributed by atoms with Gasteiger partial charge < -0.3 is 20.1 Å². The summed E-state index contributed by atoms with van der Waals surface area (Å²) < 4.78 is 6.56. The number of benzene rings is 1. The van der Waals surface area contributed by atoms with E-state index < -0.39 is 12.1 Å². The molecule has 0 aromatic heterocycles. The van der Waals surface area contributed by atoms with E-state index in [0.29, 0.717) is 12.2 Å². The highest BCUT2D eigenvalue weighted by Crippen LogP contribution is 2.30. The first-order valence-electron chi connectivity index (χ1n) is 5.83. The molecule has 1 aliphatic heterocycles. The van der Waals surface area contributed by atoms with Gasteiger partial charge >= 0.3 is 12.0 Å². The largest absolute Gasteiger partial charge is 0.479 e. The van der Waals surface area contributed by atoms with Crippen LogP contribution in [-0.2, 0) is 9.53 Å². The van der Waals surface area contributed by atoms with Crippen molar-refractivity contribution in [3.05, 3.63) is 27.1 Å². The van der Waals surface area contributed by atoms with Crippen molar-refractivity contribution in [1.29, 1.82) is 0 Å². The Hall–Kier alpha value is -1.12. The third-order valence-electron chi connectivity index (χ3n) is 2.82. The van der Waals surface area contributed by atoms with E-state index in [1.807, 2.05) is 6.07 Å². The maximum Gasteiger partial charge on any atom is 0.334 e. The Kier molecular flexibility index (Phi) is 5.00. The number of nitrogens with one attached hydrogen (secondary N) is 1. The number of carboxylic acid groups (broad SMARTS) is 1. The monoisotopic (exact) mass is 406 g/mol. The molecule has 108 valence electrons. The fraction of sp³-hybridized carbons (Fsp3) is 0.333. The number of anilines is 1. The van der Waals surface area contributed by atoms with Crippen LogP contribution in [0.4, 0.5) is 10.5 Å². The minimum Gasteiger partial charge on any atom is -0.479 e. The zero-order chi connectivity index (χ0) is 14.7. The number of morpholine rings is 1. The molecule has 0 spiro atoms. The fourth-order valence-corrected chi connectivity index (χ4v) is 2.98. The number of hydrogen-bond acceptors (Lipinski definition) is 3. The van der Waals surface area contributed by atoms with Crippen LogP contribution in [-0.4, -0.2) is 47.8 Å². The van der Waals surface area contributed by atoms with Gasteiger partial charge in [-0.3, -0.25) is 0 Å². The Bertz CT molecular complexity index is 518. The van der Waals surface area contributed by atoms with Gasteiger partial charge in [-0.05, 0) is 44.0 Å². The Morgan fingerprint density at radius 1 is 1.35 bits per heavy atom. The molecule has 0 radical (unpaired) electrons. The highest BCUT2D eigenvalue weighted by atomic mass is 79.9. The second kappa shape index (κ2) is 6.55. The van der Waals surface area contributed by atoms with Gasteiger partial charge in [0.25, 0.3) is 0 Å². The van der Waals surface area contributed by atoms with Gasteiger partial charge in [-0.2, -0.15) is 0 Å². The van der Waals surface area contributed by atoms with Gasteiger partial charge in [0.15, 0.2) is 6.10 Å². The molecule has 1 aliphatic rings. The van der Waals surface area contributed by atoms with Gasteiger partial charge in [0, 0.05) is 15.5 Å². The minimum absolute atomic E-state index is 0.0310. The van der Waals surface area contributed by atoms with Crippen molar-refractivity contribution in [3.8, 4) is 0 Å². The molecule has 1 heterocycles. The van der Waals surface area contributed by atoms with Crippen LogP contribution in [0.1, 0.15) is 0 Å². The normalized spacial score (nSPS) is 18.7. The number of nitrogens with zero attached hydrogens (tertiary/aromatic N) is 1. The lowest BCUT2D eigenvalue weighted by Gasteiger charge is -2.31. The Morgan fingerprint density at radius 3 is 2.60 bits per heavy atom. The third kappa shape index (κ3) is 3.50. The molecule has 0 bridgehead atoms. The topological polar surface area (TPSA) is 78.9 Å². The molecule has 1 unspecified atom stereocenters. The average molecular weight is 408 g/mol. The van der Waals surface area contributed by atoms with Crippen LogP contribution < -0.4 is 5.32 Å². The Balaban J connectivity index is 2.06. The van der Waals surface area contributed by atoms with E-state index in [1.165, 1.54) is 4.90 Å². The van der Waals surface area contributed by atoms with Crippen molar-refractivity contribution in [2.45, 2.75) is 6.10 Å². The predicted molar refractivity (Wildman–Crippen MR) is 79.8 cm³/mol. The van der Waals surface area contributed by atoms with E-state index in [1.54, 1.807) is 12.1 Å². The number of amides is 2. The van der Waals surface area contributed by atoms with E-state index in [4.69, 9.17) is 9.84 Å². The highest BCUT2D eigenvalue weighted by Gasteiger charge is 2.29. The number of rotatable bonds is 2. The van der Waals surface area contributed by atoms with Gasteiger partial charge in [-0.15, -0.1) is 0 Å². The van der Waals surface area contributed by atoms with E-state index in [9.17, 15) is 9.59 Å². The number of aliphatic carboxylic acids is 1. The number of halogens is 2. The number of ether oxygens (including phenoxy) is 1. The number of carbonyl (C=O) groups excluding carboxylic acids is 1. The van der Waals surface area contributed by atoms with Crippen LogP contribution in [0, 0.1) is 0 Å². The summed E-state index contributed by atoms with van der Waals surface area (Å²) in [5, 5.41) is 11.7. The fourth-order valence-electron chi connectivity index (χ4n) is 1.79. The zero-order valence-electron chi connectivity index (χ0n) is 10.3. The van der Waals surface area contributed by atoms with Gasteiger partial charge in [0.05, 0.1) is 18.8 Å². The van der Waals surface area contributed by atoms with Crippen molar-refractivity contribution >= 4 is 49.5 Å². The molecule has 0 aliphatic carbocycles. The third-order valence-corrected chi connectivity index (χ3v) is 4.15. The summed E-state index contributed by atoms with van der Waals surface area (Å²) in [5.41, 5.74) is 0.607. The SMILES string of the molecule is O=C(O)C1CN(C(=O)Nc2c(Br)cccc2Br)CCO1. The first kappa shape index (κ1) is 15.3. The van der Waals surface area contributed by atoms with Crippen molar-refractivity contribution in [1.82, 2.24) is 4.90 Å². The second-order valence-corrected chi connectivity index (χ2v) is 5.88. The number of carbonyl (C=O) groups is 2. The lowest BCUT2D eigenvalue weighted by atomic mass is 10.3. The molecular weight excluding hydrogens is 396 g/mol. The quantitative estimate of drug-likeness (QED) is 0.789. The first-order valence-corrected chi connectivity index (χ1v) is 7.42. The van der Waals surface area contributed by atoms with Gasteiger partial charge in [0.2, 0.25) is 0 Å². The van der Waals surface area contributed by atoms with E-state index in [0.717, 1.165) is 8.95 Å². The van der Waals surface area contributed by atoms with Gasteiger partial charge in [0.1, 0.15) is 0 Å². The van der Waals surface area contributed by atoms with Crippen LogP contribution in [0.2, 0.25) is 0 Å². The molecule has 0 saturated carbocycles. The molecule has 20 heavy (non-hydrogen) atoms. The van der Waals surface area contributed by atoms with Crippen LogP contribution in [0.3, 0.4) is 0 Å². The molecule has 1 saturated heterocycles. The minimum atomic E-state index is -1.07. The molecule has 8 heteroatoms. The Morgan fingerprint density at radius 2 is 2.00 bits per heavy atom. The predicted octanol–water partition coefficient (Wildman–Crippen LogP) is 2.53. The summed E-state index contributed by atoms with van der Waals surface area (Å²) >= 11 is 6.71. The molecular formula is C12H12Br2N2O4.